The Morgan fingerprint density at radius 1 is 1.15 bits per heavy atom. The Bertz CT molecular complexity index is 824. The molecule has 0 saturated heterocycles. The second-order valence-electron chi connectivity index (χ2n) is 6.31. The van der Waals surface area contributed by atoms with Crippen molar-refractivity contribution >= 4 is 35.2 Å². The summed E-state index contributed by atoms with van der Waals surface area (Å²) in [5.41, 5.74) is 5.81. The molecule has 1 aliphatic rings. The lowest BCUT2D eigenvalue weighted by Gasteiger charge is -2.10. The van der Waals surface area contributed by atoms with Crippen molar-refractivity contribution in [2.24, 2.45) is 0 Å². The van der Waals surface area contributed by atoms with Crippen LogP contribution in [0.5, 0.6) is 0 Å². The van der Waals surface area contributed by atoms with Gasteiger partial charge in [-0.1, -0.05) is 48.0 Å². The molecule has 26 heavy (non-hydrogen) atoms. The van der Waals surface area contributed by atoms with Crippen molar-refractivity contribution < 1.29 is 10.0 Å². The third-order valence-electron chi connectivity index (χ3n) is 4.17. The van der Waals surface area contributed by atoms with E-state index in [4.69, 9.17) is 16.8 Å². The van der Waals surface area contributed by atoms with Gasteiger partial charge in [0.15, 0.2) is 0 Å². The number of hydrogen-bond acceptors (Lipinski definition) is 3. The van der Waals surface area contributed by atoms with E-state index in [2.05, 4.69) is 17.5 Å². The van der Waals surface area contributed by atoms with Gasteiger partial charge < -0.3 is 5.32 Å². The van der Waals surface area contributed by atoms with Gasteiger partial charge in [-0.25, -0.2) is 5.48 Å². The van der Waals surface area contributed by atoms with Crippen LogP contribution in [0.2, 0.25) is 5.02 Å². The molecule has 0 spiro atoms. The third-order valence-corrected chi connectivity index (χ3v) is 4.40. The molecule has 0 atom stereocenters. The largest absolute Gasteiger partial charge is 0.310 e. The van der Waals surface area contributed by atoms with E-state index in [1.165, 1.54) is 24.5 Å². The van der Waals surface area contributed by atoms with Crippen LogP contribution in [0, 0.1) is 0 Å². The zero-order valence-corrected chi connectivity index (χ0v) is 15.0. The molecule has 2 aromatic rings. The van der Waals surface area contributed by atoms with Gasteiger partial charge in [0.05, 0.1) is 0 Å². The summed E-state index contributed by atoms with van der Waals surface area (Å²) >= 11 is 6.15. The smallest absolute Gasteiger partial charge is 0.267 e. The first-order chi connectivity index (χ1) is 12.6. The molecule has 3 rings (SSSR count). The molecule has 2 aromatic carbocycles. The maximum atomic E-state index is 11.0. The first kappa shape index (κ1) is 18.4. The van der Waals surface area contributed by atoms with E-state index in [9.17, 15) is 4.79 Å². The molecule has 1 fully saturated rings. The molecule has 1 amide bonds. The predicted molar refractivity (Wildman–Crippen MR) is 106 cm³/mol. The molecule has 3 N–H and O–H groups in total. The van der Waals surface area contributed by atoms with Gasteiger partial charge >= 0.3 is 0 Å². The van der Waals surface area contributed by atoms with E-state index in [-0.39, 0.29) is 0 Å². The monoisotopic (exact) mass is 368 g/mol. The highest BCUT2D eigenvalue weighted by atomic mass is 35.5. The van der Waals surface area contributed by atoms with E-state index in [1.807, 2.05) is 42.5 Å². The summed E-state index contributed by atoms with van der Waals surface area (Å²) in [4.78, 5) is 11.0. The van der Waals surface area contributed by atoms with E-state index < -0.39 is 5.91 Å². The summed E-state index contributed by atoms with van der Waals surface area (Å²) < 4.78 is 0. The zero-order chi connectivity index (χ0) is 18.4. The van der Waals surface area contributed by atoms with Crippen LogP contribution in [0.15, 0.2) is 54.6 Å². The minimum absolute atomic E-state index is 0.552. The molecule has 0 heterocycles. The first-order valence-electron chi connectivity index (χ1n) is 8.56. The van der Waals surface area contributed by atoms with Crippen LogP contribution in [0.4, 0.5) is 0 Å². The maximum absolute atomic E-state index is 11.0. The average Bonchev–Trinajstić information content (AvgIpc) is 3.48. The van der Waals surface area contributed by atoms with Crippen molar-refractivity contribution in [1.82, 2.24) is 10.8 Å². The molecule has 1 aliphatic carbocycles. The Morgan fingerprint density at radius 2 is 1.88 bits per heavy atom. The van der Waals surface area contributed by atoms with E-state index in [0.717, 1.165) is 28.3 Å². The summed E-state index contributed by atoms with van der Waals surface area (Å²) in [6, 6.07) is 16.4. The second-order valence-corrected chi connectivity index (χ2v) is 6.75. The van der Waals surface area contributed by atoms with Gasteiger partial charge in [-0.2, -0.15) is 0 Å². The van der Waals surface area contributed by atoms with Gasteiger partial charge in [-0.05, 0) is 59.4 Å². The highest BCUT2D eigenvalue weighted by Crippen LogP contribution is 2.24. The summed E-state index contributed by atoms with van der Waals surface area (Å²) in [7, 11) is 0. The fourth-order valence-electron chi connectivity index (χ4n) is 2.58. The average molecular weight is 369 g/mol. The number of hydroxylamine groups is 1. The number of benzene rings is 2. The van der Waals surface area contributed by atoms with Crippen molar-refractivity contribution in [3.05, 3.63) is 76.3 Å². The Hall–Kier alpha value is -2.40. The number of amides is 1. The molecule has 0 aromatic heterocycles. The molecule has 0 unspecified atom stereocenters. The predicted octanol–water partition coefficient (Wildman–Crippen LogP) is 4.15. The maximum Gasteiger partial charge on any atom is 0.267 e. The summed E-state index contributed by atoms with van der Waals surface area (Å²) in [5, 5.41) is 12.8. The van der Waals surface area contributed by atoms with Crippen molar-refractivity contribution in [2.45, 2.75) is 18.9 Å². The number of carbonyl (C=O) groups excluding carboxylic acids is 1. The minimum atomic E-state index is -0.552. The van der Waals surface area contributed by atoms with Crippen molar-refractivity contribution in [2.75, 3.05) is 6.54 Å². The fourth-order valence-corrected chi connectivity index (χ4v) is 2.77. The SMILES string of the molecule is O=C(C=Cc1ccc(C=C(CNC2CC2)c2cccc(Cl)c2)cc1)NO. The van der Waals surface area contributed by atoms with E-state index >= 15 is 0 Å². The molecule has 1 saturated carbocycles. The van der Waals surface area contributed by atoms with E-state index in [0.29, 0.717) is 6.04 Å². The summed E-state index contributed by atoms with van der Waals surface area (Å²) in [6.07, 6.45) is 7.55. The summed E-state index contributed by atoms with van der Waals surface area (Å²) in [5.74, 6) is -0.552. The molecule has 5 heteroatoms. The quantitative estimate of drug-likeness (QED) is 0.298. The molecular weight excluding hydrogens is 348 g/mol. The van der Waals surface area contributed by atoms with Crippen LogP contribution in [0.1, 0.15) is 29.5 Å². The molecule has 0 aliphatic heterocycles. The van der Waals surface area contributed by atoms with Crippen LogP contribution in [-0.4, -0.2) is 23.7 Å². The molecule has 0 bridgehead atoms. The van der Waals surface area contributed by atoms with Crippen LogP contribution >= 0.6 is 11.6 Å². The Labute approximate surface area is 158 Å². The standard InChI is InChI=1S/C21H21ClN2O2/c22-19-3-1-2-17(13-19)18(14-23-20-9-10-20)12-16-6-4-15(5-7-16)8-11-21(25)24-26/h1-8,11-13,20,23,26H,9-10,14H2,(H,24,25). The Morgan fingerprint density at radius 3 is 2.54 bits per heavy atom. The molecule has 4 nitrogen and oxygen atoms in total. The van der Waals surface area contributed by atoms with Crippen LogP contribution in [0.25, 0.3) is 17.7 Å². The third kappa shape index (κ3) is 5.56. The van der Waals surface area contributed by atoms with Crippen LogP contribution < -0.4 is 10.8 Å². The van der Waals surface area contributed by atoms with Crippen molar-refractivity contribution in [3.8, 4) is 0 Å². The van der Waals surface area contributed by atoms with Crippen molar-refractivity contribution in [1.29, 1.82) is 0 Å². The number of carbonyl (C=O) groups is 1. The van der Waals surface area contributed by atoms with E-state index in [1.54, 1.807) is 11.6 Å². The molecular formula is C21H21ClN2O2. The van der Waals surface area contributed by atoms with Gasteiger partial charge in [0, 0.05) is 23.7 Å². The van der Waals surface area contributed by atoms with Gasteiger partial charge in [0.25, 0.3) is 5.91 Å². The highest BCUT2D eigenvalue weighted by molar-refractivity contribution is 6.30. The lowest BCUT2D eigenvalue weighted by atomic mass is 10.0. The van der Waals surface area contributed by atoms with Crippen molar-refractivity contribution in [3.63, 3.8) is 0 Å². The normalized spacial score (nSPS) is 14.6. The van der Waals surface area contributed by atoms with Crippen LogP contribution in [0.3, 0.4) is 0 Å². The summed E-state index contributed by atoms with van der Waals surface area (Å²) in [6.45, 7) is 0.795. The fraction of sp³-hybridized carbons (Fsp3) is 0.190. The first-order valence-corrected chi connectivity index (χ1v) is 8.94. The lowest BCUT2D eigenvalue weighted by Crippen LogP contribution is -2.18. The Balaban J connectivity index is 1.79. The van der Waals surface area contributed by atoms with Gasteiger partial charge in [0.2, 0.25) is 0 Å². The molecule has 0 radical (unpaired) electrons. The van der Waals surface area contributed by atoms with Gasteiger partial charge in [-0.3, -0.25) is 10.0 Å². The van der Waals surface area contributed by atoms with Gasteiger partial charge in [-0.15, -0.1) is 0 Å². The number of nitrogens with one attached hydrogen (secondary N) is 2. The topological polar surface area (TPSA) is 61.4 Å². The highest BCUT2D eigenvalue weighted by Gasteiger charge is 2.20. The van der Waals surface area contributed by atoms with Crippen LogP contribution in [-0.2, 0) is 4.79 Å². The minimum Gasteiger partial charge on any atom is -0.310 e. The zero-order valence-electron chi connectivity index (χ0n) is 14.3. The number of halogens is 1. The Kier molecular flexibility index (Phi) is 6.23. The molecule has 134 valence electrons. The number of hydrogen-bond donors (Lipinski definition) is 3. The lowest BCUT2D eigenvalue weighted by molar-refractivity contribution is -0.124. The van der Waals surface area contributed by atoms with Gasteiger partial charge in [0.1, 0.15) is 0 Å². The number of rotatable bonds is 7. The second kappa shape index (κ2) is 8.81.